The molecule has 0 unspecified atom stereocenters. The number of nitrogens with zero attached hydrogens (tertiary/aromatic N) is 2. The SMILES string of the molecule is CC(C)C[C@@H](/C=C/[C@@H](Cc1ccccc1)C(=O)N1CCC[C@H]1C(=O)N1CCC[C@H]1NC(=O)[C@H](CCCNC(=O)OCc1ccccc1)C(=O)O)NC(=O)OC(C)(C)C. The Bertz CT molecular complexity index is 1710. The molecule has 0 aliphatic carbocycles. The Morgan fingerprint density at radius 1 is 0.862 bits per heavy atom. The van der Waals surface area contributed by atoms with E-state index in [2.05, 4.69) is 16.0 Å². The maximum absolute atomic E-state index is 14.4. The number of amides is 5. The highest BCUT2D eigenvalue weighted by Gasteiger charge is 2.42. The quantitative estimate of drug-likeness (QED) is 0.0822. The van der Waals surface area contributed by atoms with Crippen molar-refractivity contribution in [1.82, 2.24) is 25.8 Å². The van der Waals surface area contributed by atoms with Gasteiger partial charge in [0.2, 0.25) is 17.7 Å². The third-order valence-corrected chi connectivity index (χ3v) is 10.1. The minimum atomic E-state index is -1.39. The van der Waals surface area contributed by atoms with Crippen LogP contribution in [0.25, 0.3) is 0 Å². The van der Waals surface area contributed by atoms with Crippen LogP contribution in [-0.4, -0.2) is 94.3 Å². The first-order chi connectivity index (χ1) is 27.6. The van der Waals surface area contributed by atoms with E-state index in [1.54, 1.807) is 30.6 Å². The first-order valence-electron chi connectivity index (χ1n) is 20.4. The summed E-state index contributed by atoms with van der Waals surface area (Å²) < 4.78 is 10.7. The molecule has 316 valence electrons. The van der Waals surface area contributed by atoms with Crippen molar-refractivity contribution >= 4 is 35.9 Å². The number of ether oxygens (including phenoxy) is 2. The monoisotopic (exact) mass is 803 g/mol. The summed E-state index contributed by atoms with van der Waals surface area (Å²) in [6.45, 7) is 10.4. The summed E-state index contributed by atoms with van der Waals surface area (Å²) >= 11 is 0. The number of nitrogens with one attached hydrogen (secondary N) is 3. The average molecular weight is 804 g/mol. The number of benzene rings is 2. The molecule has 4 N–H and O–H groups in total. The summed E-state index contributed by atoms with van der Waals surface area (Å²) in [5.41, 5.74) is 1.10. The van der Waals surface area contributed by atoms with Gasteiger partial charge in [-0.25, -0.2) is 9.59 Å². The molecule has 2 heterocycles. The fourth-order valence-corrected chi connectivity index (χ4v) is 7.30. The lowest BCUT2D eigenvalue weighted by atomic mass is 9.95. The number of rotatable bonds is 18. The number of alkyl carbamates (subject to hydrolysis) is 2. The van der Waals surface area contributed by atoms with Crippen molar-refractivity contribution in [3.05, 3.63) is 83.9 Å². The maximum Gasteiger partial charge on any atom is 0.408 e. The van der Waals surface area contributed by atoms with E-state index in [9.17, 15) is 33.9 Å². The summed E-state index contributed by atoms with van der Waals surface area (Å²) in [5, 5.41) is 18.2. The van der Waals surface area contributed by atoms with Crippen LogP contribution in [0.15, 0.2) is 72.8 Å². The van der Waals surface area contributed by atoms with Crippen LogP contribution >= 0.6 is 0 Å². The molecule has 14 nitrogen and oxygen atoms in total. The van der Waals surface area contributed by atoms with Crippen molar-refractivity contribution < 1.29 is 43.3 Å². The van der Waals surface area contributed by atoms with Crippen LogP contribution in [0.2, 0.25) is 0 Å². The normalized spacial score (nSPS) is 18.4. The van der Waals surface area contributed by atoms with E-state index in [1.165, 1.54) is 0 Å². The number of carboxylic acid groups (broad SMARTS) is 1. The predicted molar refractivity (Wildman–Crippen MR) is 218 cm³/mol. The number of carbonyl (C=O) groups is 6. The molecule has 0 spiro atoms. The molecule has 5 atom stereocenters. The fourth-order valence-electron chi connectivity index (χ4n) is 7.30. The molecule has 14 heteroatoms. The molecular weight excluding hydrogens is 743 g/mol. The van der Waals surface area contributed by atoms with Gasteiger partial charge in [-0.05, 0) is 89.2 Å². The second kappa shape index (κ2) is 21.9. The highest BCUT2D eigenvalue weighted by molar-refractivity contribution is 5.97. The smallest absolute Gasteiger partial charge is 0.408 e. The van der Waals surface area contributed by atoms with Crippen LogP contribution in [0.4, 0.5) is 9.59 Å². The summed E-state index contributed by atoms with van der Waals surface area (Å²) in [6, 6.07) is 17.7. The van der Waals surface area contributed by atoms with Gasteiger partial charge in [0, 0.05) is 19.6 Å². The van der Waals surface area contributed by atoms with Crippen LogP contribution in [0.3, 0.4) is 0 Å². The van der Waals surface area contributed by atoms with Gasteiger partial charge in [0.25, 0.3) is 0 Å². The molecule has 0 aromatic heterocycles. The minimum Gasteiger partial charge on any atom is -0.481 e. The first-order valence-corrected chi connectivity index (χ1v) is 20.4. The molecule has 2 aromatic carbocycles. The molecule has 2 fully saturated rings. The molecule has 0 bridgehead atoms. The zero-order chi connectivity index (χ0) is 42.2. The Morgan fingerprint density at radius 3 is 2.14 bits per heavy atom. The lowest BCUT2D eigenvalue weighted by Crippen LogP contribution is -2.55. The minimum absolute atomic E-state index is 0.0344. The predicted octanol–water partition coefficient (Wildman–Crippen LogP) is 5.80. The third kappa shape index (κ3) is 14.5. The van der Waals surface area contributed by atoms with Gasteiger partial charge in [-0.3, -0.25) is 19.2 Å². The second-order valence-electron chi connectivity index (χ2n) is 16.5. The van der Waals surface area contributed by atoms with Crippen molar-refractivity contribution in [3.63, 3.8) is 0 Å². The summed E-state index contributed by atoms with van der Waals surface area (Å²) in [6.07, 6.45) is 5.08. The Labute approximate surface area is 342 Å². The lowest BCUT2D eigenvalue weighted by Gasteiger charge is -2.33. The van der Waals surface area contributed by atoms with Crippen LogP contribution < -0.4 is 16.0 Å². The van der Waals surface area contributed by atoms with Gasteiger partial charge >= 0.3 is 18.2 Å². The molecule has 58 heavy (non-hydrogen) atoms. The Hall–Kier alpha value is -5.40. The van der Waals surface area contributed by atoms with Crippen molar-refractivity contribution in [1.29, 1.82) is 0 Å². The van der Waals surface area contributed by atoms with Crippen molar-refractivity contribution in [2.45, 2.75) is 116 Å². The van der Waals surface area contributed by atoms with E-state index in [0.717, 1.165) is 11.1 Å². The van der Waals surface area contributed by atoms with Gasteiger partial charge < -0.3 is 40.3 Å². The molecule has 2 saturated heterocycles. The zero-order valence-electron chi connectivity index (χ0n) is 34.5. The maximum atomic E-state index is 14.4. The van der Waals surface area contributed by atoms with E-state index >= 15 is 0 Å². The number of carboxylic acids is 1. The van der Waals surface area contributed by atoms with Crippen molar-refractivity contribution in [3.8, 4) is 0 Å². The summed E-state index contributed by atoms with van der Waals surface area (Å²) in [4.78, 5) is 82.2. The number of hydrogen-bond acceptors (Lipinski definition) is 8. The molecule has 0 saturated carbocycles. The first kappa shape index (κ1) is 45.3. The van der Waals surface area contributed by atoms with E-state index in [0.29, 0.717) is 51.6 Å². The lowest BCUT2D eigenvalue weighted by molar-refractivity contribution is -0.149. The van der Waals surface area contributed by atoms with E-state index in [1.807, 2.05) is 86.7 Å². The van der Waals surface area contributed by atoms with Crippen molar-refractivity contribution in [2.75, 3.05) is 19.6 Å². The fraction of sp³-hybridized carbons (Fsp3) is 0.545. The number of carbonyl (C=O) groups excluding carboxylic acids is 5. The Morgan fingerprint density at radius 2 is 1.50 bits per heavy atom. The molecule has 2 aliphatic rings. The Kier molecular flexibility index (Phi) is 17.1. The van der Waals surface area contributed by atoms with Gasteiger partial charge in [0.05, 0.1) is 12.0 Å². The highest BCUT2D eigenvalue weighted by atomic mass is 16.6. The number of likely N-dealkylation sites (tertiary alicyclic amines) is 2. The molecule has 0 radical (unpaired) electrons. The largest absolute Gasteiger partial charge is 0.481 e. The molecule has 2 aliphatic heterocycles. The second-order valence-corrected chi connectivity index (χ2v) is 16.5. The summed E-state index contributed by atoms with van der Waals surface area (Å²) in [5.74, 6) is -4.29. The van der Waals surface area contributed by atoms with Gasteiger partial charge in [-0.2, -0.15) is 0 Å². The molecule has 2 aromatic rings. The van der Waals surface area contributed by atoms with Gasteiger partial charge in [-0.1, -0.05) is 86.7 Å². The van der Waals surface area contributed by atoms with E-state index in [-0.39, 0.29) is 43.7 Å². The molecular formula is C44H61N5O9. The van der Waals surface area contributed by atoms with E-state index < -0.39 is 59.7 Å². The van der Waals surface area contributed by atoms with Crippen LogP contribution in [0.5, 0.6) is 0 Å². The number of aliphatic carboxylic acids is 1. The highest BCUT2D eigenvalue weighted by Crippen LogP contribution is 2.27. The standard InChI is InChI=1S/C44H61N5O9/c1-30(2)27-34(46-43(56)58-44(3,4)5)23-22-33(28-31-15-8-6-9-16-31)39(51)48-25-13-20-36(48)40(52)49-26-14-21-37(49)47-38(50)35(41(53)54)19-12-24-45-42(55)57-29-32-17-10-7-11-18-32/h6-11,15-18,22-23,30,33-37H,12-14,19-21,24-29H2,1-5H3,(H,45,55)(H,46,56)(H,47,50)(H,53,54)/b23-22+/t33-,34+,35-,36-,37-/m0/s1. The Balaban J connectivity index is 1.39. The van der Waals surface area contributed by atoms with Crippen molar-refractivity contribution in [2.24, 2.45) is 17.8 Å². The van der Waals surface area contributed by atoms with Gasteiger partial charge in [0.1, 0.15) is 30.3 Å². The van der Waals surface area contributed by atoms with Gasteiger partial charge in [-0.15, -0.1) is 0 Å². The summed E-state index contributed by atoms with van der Waals surface area (Å²) in [7, 11) is 0. The third-order valence-electron chi connectivity index (χ3n) is 10.1. The van der Waals surface area contributed by atoms with Crippen LogP contribution in [-0.2, 0) is 41.7 Å². The van der Waals surface area contributed by atoms with Crippen LogP contribution in [0.1, 0.15) is 90.7 Å². The topological polar surface area (TPSA) is 184 Å². The average Bonchev–Trinajstić information content (AvgIpc) is 3.85. The van der Waals surface area contributed by atoms with Gasteiger partial charge in [0.15, 0.2) is 0 Å². The molecule has 5 amide bonds. The molecule has 4 rings (SSSR count). The number of hydrogen-bond donors (Lipinski definition) is 4. The van der Waals surface area contributed by atoms with E-state index in [4.69, 9.17) is 9.47 Å². The van der Waals surface area contributed by atoms with Crippen LogP contribution in [0, 0.1) is 17.8 Å². The zero-order valence-corrected chi connectivity index (χ0v) is 34.5.